The van der Waals surface area contributed by atoms with Crippen molar-refractivity contribution in [3.05, 3.63) is 85.1 Å². The Bertz CT molecular complexity index is 939. The number of aromatic nitrogens is 1. The maximum Gasteiger partial charge on any atom is 0.408 e. The van der Waals surface area contributed by atoms with Crippen LogP contribution >= 0.6 is 0 Å². The first-order valence-electron chi connectivity index (χ1n) is 10.6. The third-order valence-corrected chi connectivity index (χ3v) is 3.88. The lowest BCUT2D eigenvalue weighted by molar-refractivity contribution is -0.157. The van der Waals surface area contributed by atoms with E-state index in [1.54, 1.807) is 33.8 Å². The monoisotopic (exact) mass is 454 g/mol. The summed E-state index contributed by atoms with van der Waals surface area (Å²) in [5, 5.41) is 2.54. The van der Waals surface area contributed by atoms with E-state index in [2.05, 4.69) is 23.5 Å². The van der Waals surface area contributed by atoms with Gasteiger partial charge >= 0.3 is 12.1 Å². The van der Waals surface area contributed by atoms with Gasteiger partial charge in [-0.2, -0.15) is 0 Å². The number of hydrogen-bond acceptors (Lipinski definition) is 6. The molecule has 0 aliphatic carbocycles. The van der Waals surface area contributed by atoms with E-state index in [0.29, 0.717) is 11.3 Å². The van der Waals surface area contributed by atoms with Crippen LogP contribution in [0.4, 0.5) is 4.79 Å². The number of esters is 1. The number of ether oxygens (including phenoxy) is 2. The van der Waals surface area contributed by atoms with E-state index >= 15 is 0 Å². The second-order valence-corrected chi connectivity index (χ2v) is 8.16. The van der Waals surface area contributed by atoms with Crippen molar-refractivity contribution in [1.82, 2.24) is 10.3 Å². The molecule has 0 fully saturated rings. The van der Waals surface area contributed by atoms with Crippen LogP contribution in [0.5, 0.6) is 0 Å². The molecule has 0 saturated heterocycles. The predicted octanol–water partition coefficient (Wildman–Crippen LogP) is 5.64. The van der Waals surface area contributed by atoms with Gasteiger partial charge in [-0.1, -0.05) is 61.7 Å². The van der Waals surface area contributed by atoms with Gasteiger partial charge in [-0.25, -0.2) is 14.6 Å². The average Bonchev–Trinajstić information content (AvgIpc) is 3.21. The molecule has 0 aliphatic heterocycles. The largest absolute Gasteiger partial charge is 0.458 e. The fraction of sp³-hybridized carbons (Fsp3) is 0.346. The van der Waals surface area contributed by atoms with Gasteiger partial charge in [0.25, 0.3) is 0 Å². The van der Waals surface area contributed by atoms with Crippen LogP contribution in [0.25, 0.3) is 5.57 Å². The molecular weight excluding hydrogens is 420 g/mol. The highest BCUT2D eigenvalue weighted by Gasteiger charge is 2.29. The minimum atomic E-state index is -1.00. The predicted molar refractivity (Wildman–Crippen MR) is 129 cm³/mol. The van der Waals surface area contributed by atoms with Crippen molar-refractivity contribution in [2.24, 2.45) is 0 Å². The molecule has 0 aliphatic rings. The number of amides is 1. The number of nitrogens with one attached hydrogen (secondary N) is 1. The van der Waals surface area contributed by atoms with Gasteiger partial charge in [-0.15, -0.1) is 0 Å². The van der Waals surface area contributed by atoms with E-state index < -0.39 is 23.7 Å². The summed E-state index contributed by atoms with van der Waals surface area (Å²) >= 11 is 0. The standard InChI is InChI=1S/C21H26N2O5.C5H8/c1-14(2)17-12-22-18(27-17)11-16(19(24)28-21(3,4)5)23-20(25)26-13-15-9-7-6-8-10-15;1-3-5-4-2/h6-10,12,16H,1,11,13H2,2-5H3,(H,23,25);3-5H,1H2,2H3/b;5-4-. The summed E-state index contributed by atoms with van der Waals surface area (Å²) in [7, 11) is 0. The average molecular weight is 455 g/mol. The summed E-state index contributed by atoms with van der Waals surface area (Å²) < 4.78 is 16.1. The highest BCUT2D eigenvalue weighted by molar-refractivity contribution is 5.81. The molecule has 0 radical (unpaired) electrons. The molecule has 1 unspecified atom stereocenters. The molecule has 1 heterocycles. The molecule has 2 aromatic rings. The lowest BCUT2D eigenvalue weighted by atomic mass is 10.1. The van der Waals surface area contributed by atoms with Crippen LogP contribution in [0.3, 0.4) is 0 Å². The van der Waals surface area contributed by atoms with Crippen molar-refractivity contribution in [2.75, 3.05) is 0 Å². The summed E-state index contributed by atoms with van der Waals surface area (Å²) in [6, 6.07) is 8.25. The SMILES string of the molecule is C=C(C)c1cnc(CC(NC(=O)OCc2ccccc2)C(=O)OC(C)(C)C)o1.C=C/C=C\C. The van der Waals surface area contributed by atoms with E-state index in [1.165, 1.54) is 6.20 Å². The van der Waals surface area contributed by atoms with E-state index in [9.17, 15) is 9.59 Å². The fourth-order valence-corrected chi connectivity index (χ4v) is 2.39. The Labute approximate surface area is 196 Å². The molecule has 1 atom stereocenters. The molecule has 0 spiro atoms. The van der Waals surface area contributed by atoms with Gasteiger partial charge in [-0.3, -0.25) is 0 Å². The van der Waals surface area contributed by atoms with Crippen LogP contribution < -0.4 is 5.32 Å². The Morgan fingerprint density at radius 3 is 2.39 bits per heavy atom. The minimum absolute atomic E-state index is 0.0304. The zero-order valence-corrected chi connectivity index (χ0v) is 20.1. The van der Waals surface area contributed by atoms with Gasteiger partial charge in [0.2, 0.25) is 0 Å². The van der Waals surface area contributed by atoms with Gasteiger partial charge < -0.3 is 19.2 Å². The number of carbonyl (C=O) groups is 2. The first-order valence-corrected chi connectivity index (χ1v) is 10.6. The molecule has 1 aromatic carbocycles. The lowest BCUT2D eigenvalue weighted by Crippen LogP contribution is -2.45. The summed E-state index contributed by atoms with van der Waals surface area (Å²) in [6.45, 7) is 16.3. The maximum absolute atomic E-state index is 12.5. The van der Waals surface area contributed by atoms with Gasteiger partial charge in [0.1, 0.15) is 24.0 Å². The molecule has 1 aromatic heterocycles. The number of benzene rings is 1. The number of alkyl carbamates (subject to hydrolysis) is 1. The third kappa shape index (κ3) is 11.5. The molecule has 7 heteroatoms. The van der Waals surface area contributed by atoms with Gasteiger partial charge in [-0.05, 0) is 45.8 Å². The number of carbonyl (C=O) groups excluding carboxylic acids is 2. The van der Waals surface area contributed by atoms with Crippen molar-refractivity contribution >= 4 is 17.6 Å². The zero-order chi connectivity index (χ0) is 24.9. The quantitative estimate of drug-likeness (QED) is 0.410. The van der Waals surface area contributed by atoms with Crippen molar-refractivity contribution in [3.8, 4) is 0 Å². The van der Waals surface area contributed by atoms with Gasteiger partial charge in [0.05, 0.1) is 12.6 Å². The molecule has 1 N–H and O–H groups in total. The Morgan fingerprint density at radius 1 is 1.24 bits per heavy atom. The third-order valence-electron chi connectivity index (χ3n) is 3.88. The van der Waals surface area contributed by atoms with Crippen LogP contribution in [-0.2, 0) is 27.3 Å². The van der Waals surface area contributed by atoms with E-state index in [4.69, 9.17) is 13.9 Å². The first kappa shape index (κ1) is 27.4. The Hall–Kier alpha value is -3.61. The Kier molecular flexibility index (Phi) is 11.4. The van der Waals surface area contributed by atoms with Crippen molar-refractivity contribution < 1.29 is 23.5 Å². The summed E-state index contributed by atoms with van der Waals surface area (Å²) in [6.07, 6.45) is 6.40. The normalized spacial score (nSPS) is 11.7. The van der Waals surface area contributed by atoms with Gasteiger partial charge in [0.15, 0.2) is 5.89 Å². The van der Waals surface area contributed by atoms with E-state index in [0.717, 1.165) is 5.56 Å². The molecular formula is C26H34N2O5. The van der Waals surface area contributed by atoms with E-state index in [1.807, 2.05) is 49.4 Å². The number of rotatable bonds is 8. The van der Waals surface area contributed by atoms with Gasteiger partial charge in [0, 0.05) is 0 Å². The van der Waals surface area contributed by atoms with Crippen LogP contribution in [-0.4, -0.2) is 28.7 Å². The molecule has 1 amide bonds. The van der Waals surface area contributed by atoms with Crippen LogP contribution in [0, 0.1) is 0 Å². The summed E-state index contributed by atoms with van der Waals surface area (Å²) in [5.74, 6) is 0.209. The minimum Gasteiger partial charge on any atom is -0.458 e. The topological polar surface area (TPSA) is 90.7 Å². The highest BCUT2D eigenvalue weighted by atomic mass is 16.6. The molecule has 0 bridgehead atoms. The number of nitrogens with zero attached hydrogens (tertiary/aromatic N) is 1. The van der Waals surface area contributed by atoms with E-state index in [-0.39, 0.29) is 18.9 Å². The van der Waals surface area contributed by atoms with Crippen LogP contribution in [0.2, 0.25) is 0 Å². The van der Waals surface area contributed by atoms with Crippen molar-refractivity contribution in [2.45, 2.75) is 59.3 Å². The van der Waals surface area contributed by atoms with Crippen LogP contribution in [0.15, 0.2) is 72.3 Å². The zero-order valence-electron chi connectivity index (χ0n) is 20.1. The Balaban J connectivity index is 0.000000981. The molecule has 0 saturated carbocycles. The first-order chi connectivity index (χ1) is 15.6. The highest BCUT2D eigenvalue weighted by Crippen LogP contribution is 2.16. The van der Waals surface area contributed by atoms with Crippen LogP contribution in [0.1, 0.15) is 51.8 Å². The number of allylic oxidation sites excluding steroid dienone is 4. The lowest BCUT2D eigenvalue weighted by Gasteiger charge is -2.23. The Morgan fingerprint density at radius 2 is 1.91 bits per heavy atom. The smallest absolute Gasteiger partial charge is 0.408 e. The number of oxazole rings is 1. The second kappa shape index (κ2) is 13.7. The summed E-state index contributed by atoms with van der Waals surface area (Å²) in [4.78, 5) is 28.9. The summed E-state index contributed by atoms with van der Waals surface area (Å²) in [5.41, 5.74) is 0.845. The molecule has 7 nitrogen and oxygen atoms in total. The van der Waals surface area contributed by atoms with Crippen molar-refractivity contribution in [1.29, 1.82) is 0 Å². The molecule has 2 rings (SSSR count). The molecule has 178 valence electrons. The van der Waals surface area contributed by atoms with Crippen molar-refractivity contribution in [3.63, 3.8) is 0 Å². The maximum atomic E-state index is 12.5. The fourth-order valence-electron chi connectivity index (χ4n) is 2.39. The molecule has 33 heavy (non-hydrogen) atoms. The number of hydrogen-bond donors (Lipinski definition) is 1. The second-order valence-electron chi connectivity index (χ2n) is 8.16.